The van der Waals surface area contributed by atoms with E-state index in [9.17, 15) is 10.1 Å². The highest BCUT2D eigenvalue weighted by Gasteiger charge is 2.15. The summed E-state index contributed by atoms with van der Waals surface area (Å²) in [6, 6.07) is 2.71. The minimum absolute atomic E-state index is 0.0634. The maximum atomic E-state index is 10.5. The molecule has 0 saturated heterocycles. The van der Waals surface area contributed by atoms with E-state index >= 15 is 0 Å². The van der Waals surface area contributed by atoms with Crippen molar-refractivity contribution in [1.82, 2.24) is 0 Å². The Bertz CT molecular complexity index is 368. The van der Waals surface area contributed by atoms with Crippen LogP contribution in [-0.2, 0) is 6.42 Å². The number of benzene rings is 1. The summed E-state index contributed by atoms with van der Waals surface area (Å²) >= 11 is 5.66. The van der Waals surface area contributed by atoms with Crippen molar-refractivity contribution in [3.8, 4) is 0 Å². The molecular formula is C8H9ClN2O3. The molecule has 0 aromatic heterocycles. The molecule has 0 amide bonds. The molecule has 5 nitrogen and oxygen atoms in total. The van der Waals surface area contributed by atoms with Gasteiger partial charge in [0, 0.05) is 17.7 Å². The molecule has 0 aliphatic rings. The van der Waals surface area contributed by atoms with Crippen molar-refractivity contribution in [2.24, 2.45) is 0 Å². The van der Waals surface area contributed by atoms with Gasteiger partial charge in [-0.25, -0.2) is 0 Å². The number of aliphatic hydroxyl groups excluding tert-OH is 1. The molecule has 0 radical (unpaired) electrons. The van der Waals surface area contributed by atoms with E-state index in [1.165, 1.54) is 12.1 Å². The predicted octanol–water partition coefficient (Wildman–Crippen LogP) is 1.37. The number of hydrogen-bond acceptors (Lipinski definition) is 4. The maximum absolute atomic E-state index is 10.5. The summed E-state index contributed by atoms with van der Waals surface area (Å²) in [7, 11) is 0. The standard InChI is InChI=1S/C8H9ClN2O3/c9-6-3-5(1-2-12)8(10)7(4-6)11(13)14/h3-4,12H,1-2,10H2. The zero-order chi connectivity index (χ0) is 10.7. The molecule has 0 atom stereocenters. The van der Waals surface area contributed by atoms with Crippen molar-refractivity contribution in [3.05, 3.63) is 32.8 Å². The van der Waals surface area contributed by atoms with Crippen molar-refractivity contribution < 1.29 is 10.0 Å². The zero-order valence-electron chi connectivity index (χ0n) is 7.24. The second-order valence-electron chi connectivity index (χ2n) is 2.73. The molecule has 1 aromatic rings. The van der Waals surface area contributed by atoms with E-state index in [2.05, 4.69) is 0 Å². The first kappa shape index (κ1) is 10.7. The number of nitrogen functional groups attached to an aromatic ring is 1. The fraction of sp³-hybridized carbons (Fsp3) is 0.250. The highest BCUT2D eigenvalue weighted by molar-refractivity contribution is 6.31. The van der Waals surface area contributed by atoms with E-state index in [0.717, 1.165) is 0 Å². The normalized spacial score (nSPS) is 10.1. The van der Waals surface area contributed by atoms with Gasteiger partial charge in [0.1, 0.15) is 5.69 Å². The summed E-state index contributed by atoms with van der Waals surface area (Å²) in [6.45, 7) is -0.123. The fourth-order valence-electron chi connectivity index (χ4n) is 1.14. The van der Waals surface area contributed by atoms with E-state index in [-0.39, 0.29) is 29.4 Å². The summed E-state index contributed by atoms with van der Waals surface area (Å²) in [4.78, 5) is 9.94. The third-order valence-corrected chi connectivity index (χ3v) is 2.00. The van der Waals surface area contributed by atoms with Crippen LogP contribution in [0.25, 0.3) is 0 Å². The van der Waals surface area contributed by atoms with E-state index in [0.29, 0.717) is 5.56 Å². The third kappa shape index (κ3) is 2.12. The van der Waals surface area contributed by atoms with Gasteiger partial charge in [0.2, 0.25) is 0 Å². The number of anilines is 1. The molecule has 0 bridgehead atoms. The number of rotatable bonds is 3. The number of hydrogen-bond donors (Lipinski definition) is 2. The summed E-state index contributed by atoms with van der Waals surface area (Å²) < 4.78 is 0. The zero-order valence-corrected chi connectivity index (χ0v) is 7.99. The molecule has 1 rings (SSSR count). The van der Waals surface area contributed by atoms with Crippen LogP contribution in [0.4, 0.5) is 11.4 Å². The van der Waals surface area contributed by atoms with Gasteiger partial charge in [-0.1, -0.05) is 11.6 Å². The van der Waals surface area contributed by atoms with Crippen LogP contribution in [0, 0.1) is 10.1 Å². The van der Waals surface area contributed by atoms with Gasteiger partial charge >= 0.3 is 0 Å². The minimum Gasteiger partial charge on any atom is -0.396 e. The summed E-state index contributed by atoms with van der Waals surface area (Å²) in [5, 5.41) is 19.5. The first-order valence-electron chi connectivity index (χ1n) is 3.89. The number of nitrogens with two attached hydrogens (primary N) is 1. The Hall–Kier alpha value is -1.33. The van der Waals surface area contributed by atoms with Crippen LogP contribution in [-0.4, -0.2) is 16.6 Å². The molecule has 0 aliphatic heterocycles. The molecule has 0 fully saturated rings. The van der Waals surface area contributed by atoms with Crippen molar-refractivity contribution in [1.29, 1.82) is 0 Å². The third-order valence-electron chi connectivity index (χ3n) is 1.79. The lowest BCUT2D eigenvalue weighted by molar-refractivity contribution is -0.383. The first-order valence-corrected chi connectivity index (χ1v) is 4.27. The lowest BCUT2D eigenvalue weighted by Crippen LogP contribution is -2.02. The van der Waals surface area contributed by atoms with Crippen molar-refractivity contribution in [2.75, 3.05) is 12.3 Å². The molecule has 3 N–H and O–H groups in total. The van der Waals surface area contributed by atoms with Gasteiger partial charge in [0.15, 0.2) is 0 Å². The van der Waals surface area contributed by atoms with Gasteiger partial charge in [-0.05, 0) is 18.1 Å². The molecule has 1 aromatic carbocycles. The second-order valence-corrected chi connectivity index (χ2v) is 3.16. The average Bonchev–Trinajstić information content (AvgIpc) is 2.10. The number of nitro benzene ring substituents is 1. The van der Waals surface area contributed by atoms with Crippen molar-refractivity contribution >= 4 is 23.0 Å². The molecule has 76 valence electrons. The summed E-state index contributed by atoms with van der Waals surface area (Å²) in [5.74, 6) is 0. The van der Waals surface area contributed by atoms with Gasteiger partial charge in [-0.3, -0.25) is 10.1 Å². The molecule has 0 aliphatic carbocycles. The van der Waals surface area contributed by atoms with Crippen LogP contribution in [0.1, 0.15) is 5.56 Å². The van der Waals surface area contributed by atoms with E-state index < -0.39 is 4.92 Å². The first-order chi connectivity index (χ1) is 6.56. The number of halogens is 1. The van der Waals surface area contributed by atoms with E-state index in [1.54, 1.807) is 0 Å². The lowest BCUT2D eigenvalue weighted by Gasteiger charge is -2.04. The van der Waals surface area contributed by atoms with Gasteiger partial charge in [0.25, 0.3) is 5.69 Å². The highest BCUT2D eigenvalue weighted by atomic mass is 35.5. The molecular weight excluding hydrogens is 208 g/mol. The van der Waals surface area contributed by atoms with Crippen LogP contribution in [0.5, 0.6) is 0 Å². The van der Waals surface area contributed by atoms with Gasteiger partial charge < -0.3 is 10.8 Å². The molecule has 0 saturated carbocycles. The Kier molecular flexibility index (Phi) is 3.27. The number of aliphatic hydroxyl groups is 1. The van der Waals surface area contributed by atoms with Crippen LogP contribution >= 0.6 is 11.6 Å². The van der Waals surface area contributed by atoms with Crippen LogP contribution in [0.3, 0.4) is 0 Å². The van der Waals surface area contributed by atoms with Crippen LogP contribution < -0.4 is 5.73 Å². The molecule has 0 spiro atoms. The summed E-state index contributed by atoms with van der Waals surface area (Å²) in [5.41, 5.74) is 5.86. The smallest absolute Gasteiger partial charge is 0.293 e. The average molecular weight is 217 g/mol. The minimum atomic E-state index is -0.595. The molecule has 14 heavy (non-hydrogen) atoms. The largest absolute Gasteiger partial charge is 0.396 e. The molecule has 6 heteroatoms. The molecule has 0 heterocycles. The van der Waals surface area contributed by atoms with E-state index in [1.807, 2.05) is 0 Å². The SMILES string of the molecule is Nc1c(CCO)cc(Cl)cc1[N+](=O)[O-]. The summed E-state index contributed by atoms with van der Waals surface area (Å²) in [6.07, 6.45) is 0.257. The van der Waals surface area contributed by atoms with E-state index in [4.69, 9.17) is 22.4 Å². The van der Waals surface area contributed by atoms with Gasteiger partial charge in [-0.15, -0.1) is 0 Å². The topological polar surface area (TPSA) is 89.4 Å². The molecule has 0 unspecified atom stereocenters. The van der Waals surface area contributed by atoms with Crippen molar-refractivity contribution in [3.63, 3.8) is 0 Å². The highest BCUT2D eigenvalue weighted by Crippen LogP contribution is 2.29. The van der Waals surface area contributed by atoms with Crippen LogP contribution in [0.15, 0.2) is 12.1 Å². The Morgan fingerprint density at radius 1 is 1.57 bits per heavy atom. The second kappa shape index (κ2) is 4.26. The van der Waals surface area contributed by atoms with Gasteiger partial charge in [-0.2, -0.15) is 0 Å². The van der Waals surface area contributed by atoms with Crippen molar-refractivity contribution in [2.45, 2.75) is 6.42 Å². The fourth-order valence-corrected chi connectivity index (χ4v) is 1.37. The predicted molar refractivity (Wildman–Crippen MR) is 53.3 cm³/mol. The Morgan fingerprint density at radius 3 is 2.71 bits per heavy atom. The Morgan fingerprint density at radius 2 is 2.21 bits per heavy atom. The Labute approximate surface area is 85.3 Å². The quantitative estimate of drug-likeness (QED) is 0.454. The number of nitrogens with zero attached hydrogens (tertiary/aromatic N) is 1. The monoisotopic (exact) mass is 216 g/mol. The van der Waals surface area contributed by atoms with Crippen LogP contribution in [0.2, 0.25) is 5.02 Å². The maximum Gasteiger partial charge on any atom is 0.293 e. The number of nitro groups is 1. The lowest BCUT2D eigenvalue weighted by atomic mass is 10.1. The Balaban J connectivity index is 3.24. The van der Waals surface area contributed by atoms with Gasteiger partial charge in [0.05, 0.1) is 4.92 Å².